The Bertz CT molecular complexity index is 422. The summed E-state index contributed by atoms with van der Waals surface area (Å²) < 4.78 is 11.7. The molecule has 1 saturated heterocycles. The zero-order valence-corrected chi connectivity index (χ0v) is 12.6. The Morgan fingerprint density at radius 1 is 1.20 bits per heavy atom. The van der Waals surface area contributed by atoms with Crippen molar-refractivity contribution in [3.63, 3.8) is 0 Å². The molecule has 1 fully saturated rings. The van der Waals surface area contributed by atoms with E-state index in [0.717, 1.165) is 12.0 Å². The lowest BCUT2D eigenvalue weighted by Gasteiger charge is -2.30. The van der Waals surface area contributed by atoms with E-state index in [1.165, 1.54) is 19.3 Å². The molecular formula is C16H21ClO3. The van der Waals surface area contributed by atoms with E-state index in [0.29, 0.717) is 18.8 Å². The van der Waals surface area contributed by atoms with Gasteiger partial charge in [0.05, 0.1) is 19.3 Å². The highest BCUT2D eigenvalue weighted by Gasteiger charge is 2.23. The normalized spacial score (nSPS) is 22.7. The third-order valence-electron chi connectivity index (χ3n) is 3.61. The monoisotopic (exact) mass is 296 g/mol. The molecule has 1 heterocycles. The molecule has 20 heavy (non-hydrogen) atoms. The van der Waals surface area contributed by atoms with Crippen molar-refractivity contribution < 1.29 is 14.3 Å². The third kappa shape index (κ3) is 4.30. The molecule has 0 saturated carbocycles. The molecule has 3 nitrogen and oxygen atoms in total. The molecule has 0 bridgehead atoms. The third-order valence-corrected chi connectivity index (χ3v) is 3.82. The first-order chi connectivity index (χ1) is 9.70. The highest BCUT2D eigenvalue weighted by atomic mass is 35.5. The molecule has 0 spiro atoms. The lowest BCUT2D eigenvalue weighted by molar-refractivity contribution is -0.137. The van der Waals surface area contributed by atoms with E-state index in [4.69, 9.17) is 21.1 Å². The van der Waals surface area contributed by atoms with Crippen LogP contribution in [0.5, 0.6) is 0 Å². The number of halogens is 1. The van der Waals surface area contributed by atoms with Crippen LogP contribution in [0, 0.1) is 0 Å². The van der Waals surface area contributed by atoms with Crippen LogP contribution in [-0.2, 0) is 9.47 Å². The summed E-state index contributed by atoms with van der Waals surface area (Å²) in [7, 11) is 0. The van der Waals surface area contributed by atoms with E-state index in [1.807, 2.05) is 12.1 Å². The van der Waals surface area contributed by atoms with Gasteiger partial charge in [0.1, 0.15) is 6.10 Å². The summed E-state index contributed by atoms with van der Waals surface area (Å²) in [5.41, 5.74) is 1.53. The largest absolute Gasteiger partial charge is 0.373 e. The topological polar surface area (TPSA) is 35.5 Å². The molecule has 2 atom stereocenters. The van der Waals surface area contributed by atoms with E-state index in [2.05, 4.69) is 6.92 Å². The molecule has 4 heteroatoms. The molecule has 0 aliphatic carbocycles. The Labute approximate surface area is 125 Å². The van der Waals surface area contributed by atoms with Crippen LogP contribution in [0.2, 0.25) is 0 Å². The number of unbranched alkanes of at least 4 members (excludes halogenated alkanes) is 2. The first-order valence-electron chi connectivity index (χ1n) is 7.23. The van der Waals surface area contributed by atoms with Gasteiger partial charge in [0, 0.05) is 5.56 Å². The summed E-state index contributed by atoms with van der Waals surface area (Å²) in [6.45, 7) is 3.42. The Balaban J connectivity index is 1.82. The predicted molar refractivity (Wildman–Crippen MR) is 79.2 cm³/mol. The number of carbonyl (C=O) groups is 1. The SMILES string of the molecule is CCCCC[C@H]1CO[C@H](c2ccc(C(=O)Cl)cc2)CO1. The van der Waals surface area contributed by atoms with Gasteiger partial charge >= 0.3 is 0 Å². The number of benzene rings is 1. The van der Waals surface area contributed by atoms with Gasteiger partial charge in [-0.05, 0) is 35.7 Å². The Morgan fingerprint density at radius 3 is 2.50 bits per heavy atom. The van der Waals surface area contributed by atoms with Crippen LogP contribution >= 0.6 is 11.6 Å². The van der Waals surface area contributed by atoms with Gasteiger partial charge in [0.2, 0.25) is 0 Å². The molecular weight excluding hydrogens is 276 g/mol. The maximum atomic E-state index is 11.0. The summed E-state index contributed by atoms with van der Waals surface area (Å²) >= 11 is 5.43. The minimum absolute atomic E-state index is 0.0445. The molecule has 1 aliphatic heterocycles. The maximum absolute atomic E-state index is 11.0. The summed E-state index contributed by atoms with van der Waals surface area (Å²) in [5, 5.41) is -0.437. The zero-order chi connectivity index (χ0) is 14.4. The molecule has 1 aromatic carbocycles. The van der Waals surface area contributed by atoms with Gasteiger partial charge < -0.3 is 9.47 Å². The molecule has 1 aliphatic rings. The van der Waals surface area contributed by atoms with Crippen molar-refractivity contribution in [2.24, 2.45) is 0 Å². The minimum Gasteiger partial charge on any atom is -0.373 e. The summed E-state index contributed by atoms with van der Waals surface area (Å²) in [6, 6.07) is 7.20. The fourth-order valence-corrected chi connectivity index (χ4v) is 2.48. The molecule has 1 aromatic rings. The van der Waals surface area contributed by atoms with Crippen molar-refractivity contribution in [1.29, 1.82) is 0 Å². The van der Waals surface area contributed by atoms with Gasteiger partial charge in [-0.3, -0.25) is 4.79 Å². The van der Waals surface area contributed by atoms with Gasteiger partial charge in [-0.15, -0.1) is 0 Å². The van der Waals surface area contributed by atoms with Gasteiger partial charge in [0.25, 0.3) is 5.24 Å². The van der Waals surface area contributed by atoms with Crippen molar-refractivity contribution in [2.45, 2.75) is 44.8 Å². The summed E-state index contributed by atoms with van der Waals surface area (Å²) in [4.78, 5) is 11.0. The number of rotatable bonds is 6. The molecule has 0 N–H and O–H groups in total. The van der Waals surface area contributed by atoms with Crippen LogP contribution in [0.25, 0.3) is 0 Å². The van der Waals surface area contributed by atoms with Crippen LogP contribution in [0.1, 0.15) is 54.6 Å². The molecule has 0 aromatic heterocycles. The lowest BCUT2D eigenvalue weighted by atomic mass is 10.1. The predicted octanol–water partition coefficient (Wildman–Crippen LogP) is 4.10. The molecule has 0 radical (unpaired) electrons. The van der Waals surface area contributed by atoms with Crippen molar-refractivity contribution in [3.05, 3.63) is 35.4 Å². The van der Waals surface area contributed by atoms with Gasteiger partial charge in [0.15, 0.2) is 0 Å². The second kappa shape index (κ2) is 7.77. The Kier molecular flexibility index (Phi) is 6.02. The molecule has 2 rings (SSSR count). The second-order valence-electron chi connectivity index (χ2n) is 5.17. The number of carbonyl (C=O) groups excluding carboxylic acids is 1. The van der Waals surface area contributed by atoms with Crippen LogP contribution in [0.15, 0.2) is 24.3 Å². The van der Waals surface area contributed by atoms with Crippen LogP contribution in [0.4, 0.5) is 0 Å². The van der Waals surface area contributed by atoms with Crippen molar-refractivity contribution in [2.75, 3.05) is 13.2 Å². The minimum atomic E-state index is -0.437. The maximum Gasteiger partial charge on any atom is 0.252 e. The summed E-state index contributed by atoms with van der Waals surface area (Å²) in [5.74, 6) is 0. The number of ether oxygens (including phenoxy) is 2. The average molecular weight is 297 g/mol. The van der Waals surface area contributed by atoms with Crippen LogP contribution < -0.4 is 0 Å². The first-order valence-corrected chi connectivity index (χ1v) is 7.61. The first kappa shape index (κ1) is 15.5. The van der Waals surface area contributed by atoms with Gasteiger partial charge in [-0.1, -0.05) is 38.3 Å². The quantitative estimate of drug-likeness (QED) is 0.585. The second-order valence-corrected chi connectivity index (χ2v) is 5.51. The average Bonchev–Trinajstić information content (AvgIpc) is 2.48. The highest BCUT2D eigenvalue weighted by Crippen LogP contribution is 2.25. The van der Waals surface area contributed by atoms with Crippen molar-refractivity contribution in [3.8, 4) is 0 Å². The van der Waals surface area contributed by atoms with E-state index >= 15 is 0 Å². The standard InChI is InChI=1S/C16H21ClO3/c1-2-3-4-5-14-10-20-15(11-19-14)12-6-8-13(9-7-12)16(17)18/h6-9,14-15H,2-5,10-11H2,1H3/t14-,15-/m0/s1. The van der Waals surface area contributed by atoms with E-state index in [9.17, 15) is 4.79 Å². The zero-order valence-electron chi connectivity index (χ0n) is 11.8. The summed E-state index contributed by atoms with van der Waals surface area (Å²) in [6.07, 6.45) is 4.92. The van der Waals surface area contributed by atoms with Crippen LogP contribution in [0.3, 0.4) is 0 Å². The van der Waals surface area contributed by atoms with Crippen molar-refractivity contribution >= 4 is 16.8 Å². The fourth-order valence-electron chi connectivity index (χ4n) is 2.35. The van der Waals surface area contributed by atoms with Crippen molar-refractivity contribution in [1.82, 2.24) is 0 Å². The Hall–Kier alpha value is -0.900. The molecule has 110 valence electrons. The molecule has 0 unspecified atom stereocenters. The number of hydrogen-bond acceptors (Lipinski definition) is 3. The smallest absolute Gasteiger partial charge is 0.252 e. The Morgan fingerprint density at radius 2 is 1.95 bits per heavy atom. The van der Waals surface area contributed by atoms with Gasteiger partial charge in [-0.25, -0.2) is 0 Å². The van der Waals surface area contributed by atoms with Gasteiger partial charge in [-0.2, -0.15) is 0 Å². The molecule has 0 amide bonds. The van der Waals surface area contributed by atoms with E-state index in [1.54, 1.807) is 12.1 Å². The number of hydrogen-bond donors (Lipinski definition) is 0. The fraction of sp³-hybridized carbons (Fsp3) is 0.562. The van der Waals surface area contributed by atoms with E-state index < -0.39 is 5.24 Å². The van der Waals surface area contributed by atoms with Crippen LogP contribution in [-0.4, -0.2) is 24.6 Å². The lowest BCUT2D eigenvalue weighted by Crippen LogP contribution is -2.31. The highest BCUT2D eigenvalue weighted by molar-refractivity contribution is 6.67. The van der Waals surface area contributed by atoms with E-state index in [-0.39, 0.29) is 12.2 Å².